The van der Waals surface area contributed by atoms with Gasteiger partial charge in [0.1, 0.15) is 10.6 Å². The molecule has 0 spiro atoms. The van der Waals surface area contributed by atoms with E-state index < -0.39 is 21.9 Å². The van der Waals surface area contributed by atoms with Crippen LogP contribution < -0.4 is 10.1 Å². The van der Waals surface area contributed by atoms with Gasteiger partial charge in [-0.05, 0) is 36.4 Å². The van der Waals surface area contributed by atoms with Crippen LogP contribution in [0.25, 0.3) is 0 Å². The van der Waals surface area contributed by atoms with Gasteiger partial charge < -0.3 is 19.5 Å². The van der Waals surface area contributed by atoms with Gasteiger partial charge >= 0.3 is 5.97 Å². The number of amides is 1. The molecule has 2 aromatic carbocycles. The van der Waals surface area contributed by atoms with Crippen LogP contribution in [0.15, 0.2) is 47.4 Å². The molecule has 2 aromatic rings. The first-order chi connectivity index (χ1) is 14.8. The Morgan fingerprint density at radius 3 is 2.61 bits per heavy atom. The van der Waals surface area contributed by atoms with Gasteiger partial charge in [-0.3, -0.25) is 4.79 Å². The molecular formula is C20H21ClN2O7S. The molecule has 1 N–H and O–H groups in total. The summed E-state index contributed by atoms with van der Waals surface area (Å²) in [5.74, 6) is -0.727. The summed E-state index contributed by atoms with van der Waals surface area (Å²) in [5, 5.41) is 2.71. The lowest BCUT2D eigenvalue weighted by Crippen LogP contribution is -2.40. The zero-order valence-corrected chi connectivity index (χ0v) is 18.2. The van der Waals surface area contributed by atoms with Gasteiger partial charge in [-0.25, -0.2) is 13.2 Å². The van der Waals surface area contributed by atoms with E-state index in [1.165, 1.54) is 35.7 Å². The van der Waals surface area contributed by atoms with Gasteiger partial charge in [-0.2, -0.15) is 4.31 Å². The SMILES string of the molecule is COC(=O)COc1cccc(C(=O)Nc2ccc(Cl)c(S(=O)(=O)N3CCOCC3)c2)c1. The molecule has 9 nitrogen and oxygen atoms in total. The lowest BCUT2D eigenvalue weighted by atomic mass is 10.2. The molecule has 1 saturated heterocycles. The van der Waals surface area contributed by atoms with E-state index in [0.29, 0.717) is 19.0 Å². The van der Waals surface area contributed by atoms with Crippen LogP contribution in [0.2, 0.25) is 5.02 Å². The Morgan fingerprint density at radius 2 is 1.90 bits per heavy atom. The molecule has 1 aliphatic rings. The number of rotatable bonds is 7. The number of nitrogens with zero attached hydrogens (tertiary/aromatic N) is 1. The van der Waals surface area contributed by atoms with Crippen LogP contribution in [-0.2, 0) is 24.3 Å². The van der Waals surface area contributed by atoms with Crippen molar-refractivity contribution in [2.24, 2.45) is 0 Å². The number of hydrogen-bond acceptors (Lipinski definition) is 7. The van der Waals surface area contributed by atoms with Crippen molar-refractivity contribution in [3.05, 3.63) is 53.1 Å². The Morgan fingerprint density at radius 1 is 1.16 bits per heavy atom. The van der Waals surface area contributed by atoms with Crippen molar-refractivity contribution >= 4 is 39.2 Å². The van der Waals surface area contributed by atoms with Gasteiger partial charge in [-0.1, -0.05) is 17.7 Å². The third kappa shape index (κ3) is 5.73. The summed E-state index contributed by atoms with van der Waals surface area (Å²) < 4.78 is 42.1. The minimum absolute atomic E-state index is 0.0581. The fraction of sp³-hybridized carbons (Fsp3) is 0.300. The van der Waals surface area contributed by atoms with Crippen molar-refractivity contribution < 1.29 is 32.2 Å². The van der Waals surface area contributed by atoms with E-state index in [-0.39, 0.29) is 40.9 Å². The molecule has 0 aliphatic carbocycles. The number of benzene rings is 2. The first-order valence-electron chi connectivity index (χ1n) is 9.30. The van der Waals surface area contributed by atoms with Gasteiger partial charge in [0.15, 0.2) is 6.61 Å². The van der Waals surface area contributed by atoms with E-state index in [2.05, 4.69) is 10.1 Å². The highest BCUT2D eigenvalue weighted by atomic mass is 35.5. The highest BCUT2D eigenvalue weighted by Gasteiger charge is 2.28. The van der Waals surface area contributed by atoms with Gasteiger partial charge in [0.2, 0.25) is 10.0 Å². The second kappa shape index (κ2) is 10.1. The molecular weight excluding hydrogens is 448 g/mol. The summed E-state index contributed by atoms with van der Waals surface area (Å²) in [5.41, 5.74) is 0.525. The second-order valence-electron chi connectivity index (χ2n) is 6.51. The van der Waals surface area contributed by atoms with Crippen molar-refractivity contribution in [1.82, 2.24) is 4.31 Å². The molecule has 0 bridgehead atoms. The van der Waals surface area contributed by atoms with E-state index in [0.717, 1.165) is 0 Å². The first kappa shape index (κ1) is 23.0. The topological polar surface area (TPSA) is 111 Å². The van der Waals surface area contributed by atoms with E-state index in [9.17, 15) is 18.0 Å². The number of ether oxygens (including phenoxy) is 3. The van der Waals surface area contributed by atoms with E-state index in [4.69, 9.17) is 21.1 Å². The van der Waals surface area contributed by atoms with Gasteiger partial charge in [0.25, 0.3) is 5.91 Å². The first-order valence-corrected chi connectivity index (χ1v) is 11.1. The van der Waals surface area contributed by atoms with Crippen molar-refractivity contribution in [2.45, 2.75) is 4.90 Å². The maximum atomic E-state index is 12.9. The Hall–Kier alpha value is -2.66. The molecule has 166 valence electrons. The summed E-state index contributed by atoms with van der Waals surface area (Å²) in [6.45, 7) is 0.784. The number of morpholine rings is 1. The van der Waals surface area contributed by atoms with E-state index in [1.807, 2.05) is 0 Å². The fourth-order valence-electron chi connectivity index (χ4n) is 2.84. The number of methoxy groups -OCH3 is 1. The summed E-state index contributed by atoms with van der Waals surface area (Å²) in [6, 6.07) is 10.5. The van der Waals surface area contributed by atoms with Crippen molar-refractivity contribution in [1.29, 1.82) is 0 Å². The second-order valence-corrected chi connectivity index (χ2v) is 8.82. The molecule has 11 heteroatoms. The number of halogens is 1. The number of anilines is 1. The maximum Gasteiger partial charge on any atom is 0.343 e. The van der Waals surface area contributed by atoms with E-state index in [1.54, 1.807) is 18.2 Å². The number of sulfonamides is 1. The summed E-state index contributed by atoms with van der Waals surface area (Å²) in [4.78, 5) is 23.8. The van der Waals surface area contributed by atoms with Gasteiger partial charge in [-0.15, -0.1) is 0 Å². The monoisotopic (exact) mass is 468 g/mol. The number of esters is 1. The molecule has 1 aliphatic heterocycles. The Labute approximate surface area is 184 Å². The van der Waals surface area contributed by atoms with Crippen molar-refractivity contribution in [3.8, 4) is 5.75 Å². The fourth-order valence-corrected chi connectivity index (χ4v) is 4.74. The van der Waals surface area contributed by atoms with Crippen LogP contribution in [-0.4, -0.2) is 64.6 Å². The molecule has 31 heavy (non-hydrogen) atoms. The quantitative estimate of drug-likeness (QED) is 0.620. The van der Waals surface area contributed by atoms with Crippen molar-refractivity contribution in [3.63, 3.8) is 0 Å². The Bertz CT molecular complexity index is 1070. The van der Waals surface area contributed by atoms with Gasteiger partial charge in [0, 0.05) is 24.3 Å². The van der Waals surface area contributed by atoms with Crippen molar-refractivity contribution in [2.75, 3.05) is 45.3 Å². The molecule has 1 fully saturated rings. The molecule has 3 rings (SSSR count). The van der Waals surface area contributed by atoms with Crippen LogP contribution in [0, 0.1) is 0 Å². The summed E-state index contributed by atoms with van der Waals surface area (Å²) >= 11 is 6.14. The highest BCUT2D eigenvalue weighted by molar-refractivity contribution is 7.89. The average Bonchev–Trinajstić information content (AvgIpc) is 2.79. The minimum atomic E-state index is -3.83. The minimum Gasteiger partial charge on any atom is -0.482 e. The zero-order valence-electron chi connectivity index (χ0n) is 16.7. The molecule has 0 unspecified atom stereocenters. The molecule has 0 aromatic heterocycles. The van der Waals surface area contributed by atoms with Crippen LogP contribution in [0.1, 0.15) is 10.4 Å². The van der Waals surface area contributed by atoms with Gasteiger partial charge in [0.05, 0.1) is 25.3 Å². The molecule has 0 atom stereocenters. The molecule has 0 radical (unpaired) electrons. The third-order valence-electron chi connectivity index (χ3n) is 4.46. The standard InChI is InChI=1S/C20H21ClN2O7S/c1-28-19(24)13-30-16-4-2-3-14(11-16)20(25)22-15-5-6-17(21)18(12-15)31(26,27)23-7-9-29-10-8-23/h2-6,11-12H,7-10,13H2,1H3,(H,22,25). The largest absolute Gasteiger partial charge is 0.482 e. The normalized spacial score (nSPS) is 14.6. The molecule has 1 heterocycles. The molecule has 0 saturated carbocycles. The lowest BCUT2D eigenvalue weighted by molar-refractivity contribution is -0.142. The molecule has 1 amide bonds. The Kier molecular flexibility index (Phi) is 7.50. The summed E-state index contributed by atoms with van der Waals surface area (Å²) in [6.07, 6.45) is 0. The van der Waals surface area contributed by atoms with Crippen LogP contribution in [0.5, 0.6) is 5.75 Å². The average molecular weight is 469 g/mol. The van der Waals surface area contributed by atoms with Crippen LogP contribution >= 0.6 is 11.6 Å². The maximum absolute atomic E-state index is 12.9. The summed E-state index contributed by atoms with van der Waals surface area (Å²) in [7, 11) is -2.59. The van der Waals surface area contributed by atoms with Crippen LogP contribution in [0.4, 0.5) is 5.69 Å². The Balaban J connectivity index is 1.76. The number of carbonyl (C=O) groups is 2. The lowest BCUT2D eigenvalue weighted by Gasteiger charge is -2.26. The van der Waals surface area contributed by atoms with Crippen LogP contribution in [0.3, 0.4) is 0 Å². The number of hydrogen-bond donors (Lipinski definition) is 1. The third-order valence-corrected chi connectivity index (χ3v) is 6.84. The predicted octanol–water partition coefficient (Wildman–Crippen LogP) is 2.17. The smallest absolute Gasteiger partial charge is 0.343 e. The highest BCUT2D eigenvalue weighted by Crippen LogP contribution is 2.28. The number of carbonyl (C=O) groups excluding carboxylic acids is 2. The predicted molar refractivity (Wildman–Crippen MR) is 113 cm³/mol. The van der Waals surface area contributed by atoms with E-state index >= 15 is 0 Å². The zero-order chi connectivity index (χ0) is 22.4. The number of nitrogens with one attached hydrogen (secondary N) is 1.